The van der Waals surface area contributed by atoms with Crippen LogP contribution in [0, 0.1) is 0 Å². The summed E-state index contributed by atoms with van der Waals surface area (Å²) in [5.41, 5.74) is 6.52. The standard InChI is InChI=1S/C18H16N4O3/c19-18(24)15-10-11-22(21-15)16-9-5-4-8-14(16)20-17(23)12-25-13-6-2-1-3-7-13/h1-11H,12H2,(H2,19,24)(H,20,23). The number of benzene rings is 2. The number of primary amides is 1. The summed E-state index contributed by atoms with van der Waals surface area (Å²) >= 11 is 0. The van der Waals surface area contributed by atoms with Gasteiger partial charge in [0.15, 0.2) is 6.61 Å². The first-order valence-corrected chi connectivity index (χ1v) is 7.56. The number of carbonyl (C=O) groups is 2. The van der Waals surface area contributed by atoms with Crippen LogP contribution in [-0.2, 0) is 4.79 Å². The number of amides is 2. The van der Waals surface area contributed by atoms with Gasteiger partial charge >= 0.3 is 0 Å². The number of carbonyl (C=O) groups excluding carboxylic acids is 2. The summed E-state index contributed by atoms with van der Waals surface area (Å²) in [5.74, 6) is -0.306. The lowest BCUT2D eigenvalue weighted by molar-refractivity contribution is -0.118. The van der Waals surface area contributed by atoms with E-state index in [1.54, 1.807) is 42.6 Å². The highest BCUT2D eigenvalue weighted by Gasteiger charge is 2.11. The Bertz CT molecular complexity index is 890. The van der Waals surface area contributed by atoms with Gasteiger partial charge in [0.05, 0.1) is 11.4 Å². The van der Waals surface area contributed by atoms with Crippen molar-refractivity contribution in [3.05, 3.63) is 72.6 Å². The number of anilines is 1. The molecule has 7 heteroatoms. The molecule has 25 heavy (non-hydrogen) atoms. The van der Waals surface area contributed by atoms with Gasteiger partial charge in [-0.25, -0.2) is 4.68 Å². The third kappa shape index (κ3) is 4.03. The fraction of sp³-hybridized carbons (Fsp3) is 0.0556. The molecule has 0 aliphatic heterocycles. The summed E-state index contributed by atoms with van der Waals surface area (Å²) in [6, 6.07) is 17.7. The summed E-state index contributed by atoms with van der Waals surface area (Å²) in [6.45, 7) is -0.121. The predicted octanol–water partition coefficient (Wildman–Crippen LogP) is 1.99. The number of para-hydroxylation sites is 3. The van der Waals surface area contributed by atoms with Crippen LogP contribution in [0.15, 0.2) is 66.9 Å². The van der Waals surface area contributed by atoms with Gasteiger partial charge in [-0.2, -0.15) is 5.10 Å². The molecule has 0 saturated carbocycles. The number of ether oxygens (including phenoxy) is 1. The average molecular weight is 336 g/mol. The molecular formula is C18H16N4O3. The van der Waals surface area contributed by atoms with E-state index in [0.717, 1.165) is 0 Å². The van der Waals surface area contributed by atoms with E-state index in [1.165, 1.54) is 10.7 Å². The maximum absolute atomic E-state index is 12.1. The number of hydrogen-bond donors (Lipinski definition) is 2. The Hall–Kier alpha value is -3.61. The lowest BCUT2D eigenvalue weighted by Crippen LogP contribution is -2.21. The summed E-state index contributed by atoms with van der Waals surface area (Å²) in [7, 11) is 0. The molecule has 3 N–H and O–H groups in total. The third-order valence-corrected chi connectivity index (χ3v) is 3.38. The monoisotopic (exact) mass is 336 g/mol. The molecule has 1 aromatic heterocycles. The van der Waals surface area contributed by atoms with Crippen molar-refractivity contribution in [1.82, 2.24) is 9.78 Å². The minimum atomic E-state index is -0.614. The van der Waals surface area contributed by atoms with Crippen LogP contribution in [0.4, 0.5) is 5.69 Å². The highest BCUT2D eigenvalue weighted by atomic mass is 16.5. The van der Waals surface area contributed by atoms with Crippen LogP contribution in [0.1, 0.15) is 10.5 Å². The molecule has 2 amide bonds. The quantitative estimate of drug-likeness (QED) is 0.719. The minimum absolute atomic E-state index is 0.121. The van der Waals surface area contributed by atoms with E-state index < -0.39 is 5.91 Å². The predicted molar refractivity (Wildman–Crippen MR) is 92.6 cm³/mol. The molecular weight excluding hydrogens is 320 g/mol. The van der Waals surface area contributed by atoms with E-state index in [4.69, 9.17) is 10.5 Å². The van der Waals surface area contributed by atoms with Crippen molar-refractivity contribution in [3.63, 3.8) is 0 Å². The molecule has 0 aliphatic carbocycles. The van der Waals surface area contributed by atoms with Crippen LogP contribution in [-0.4, -0.2) is 28.2 Å². The fourth-order valence-corrected chi connectivity index (χ4v) is 2.22. The first-order chi connectivity index (χ1) is 12.1. The Morgan fingerprint density at radius 2 is 1.76 bits per heavy atom. The van der Waals surface area contributed by atoms with Crippen LogP contribution in [0.2, 0.25) is 0 Å². The van der Waals surface area contributed by atoms with Crippen molar-refractivity contribution >= 4 is 17.5 Å². The van der Waals surface area contributed by atoms with Crippen molar-refractivity contribution in [2.24, 2.45) is 5.73 Å². The minimum Gasteiger partial charge on any atom is -0.484 e. The summed E-state index contributed by atoms with van der Waals surface area (Å²) in [6.07, 6.45) is 1.60. The Labute approximate surface area is 144 Å². The number of aromatic nitrogens is 2. The molecule has 0 spiro atoms. The molecule has 126 valence electrons. The molecule has 0 aliphatic rings. The number of hydrogen-bond acceptors (Lipinski definition) is 4. The van der Waals surface area contributed by atoms with Gasteiger partial charge in [0.25, 0.3) is 11.8 Å². The molecule has 7 nitrogen and oxygen atoms in total. The van der Waals surface area contributed by atoms with Gasteiger partial charge in [-0.3, -0.25) is 9.59 Å². The number of rotatable bonds is 6. The number of nitrogens with zero attached hydrogens (tertiary/aromatic N) is 2. The number of nitrogens with two attached hydrogens (primary N) is 1. The van der Waals surface area contributed by atoms with Gasteiger partial charge in [-0.1, -0.05) is 30.3 Å². The van der Waals surface area contributed by atoms with Crippen molar-refractivity contribution in [2.75, 3.05) is 11.9 Å². The lowest BCUT2D eigenvalue weighted by Gasteiger charge is -2.11. The maximum atomic E-state index is 12.1. The second kappa shape index (κ2) is 7.31. The van der Waals surface area contributed by atoms with E-state index in [9.17, 15) is 9.59 Å². The largest absolute Gasteiger partial charge is 0.484 e. The maximum Gasteiger partial charge on any atom is 0.269 e. The van der Waals surface area contributed by atoms with E-state index in [-0.39, 0.29) is 18.2 Å². The zero-order chi connectivity index (χ0) is 17.6. The van der Waals surface area contributed by atoms with E-state index >= 15 is 0 Å². The summed E-state index contributed by atoms with van der Waals surface area (Å²) < 4.78 is 6.91. The van der Waals surface area contributed by atoms with E-state index in [2.05, 4.69) is 10.4 Å². The van der Waals surface area contributed by atoms with Crippen LogP contribution in [0.3, 0.4) is 0 Å². The molecule has 3 rings (SSSR count). The van der Waals surface area contributed by atoms with Crippen LogP contribution in [0.5, 0.6) is 5.75 Å². The van der Waals surface area contributed by atoms with Crippen LogP contribution >= 0.6 is 0 Å². The summed E-state index contributed by atoms with van der Waals surface area (Å²) in [4.78, 5) is 23.3. The Morgan fingerprint density at radius 1 is 1.04 bits per heavy atom. The first-order valence-electron chi connectivity index (χ1n) is 7.56. The van der Waals surface area contributed by atoms with Crippen molar-refractivity contribution in [1.29, 1.82) is 0 Å². The highest BCUT2D eigenvalue weighted by molar-refractivity contribution is 5.94. The topological polar surface area (TPSA) is 99.2 Å². The van der Waals surface area contributed by atoms with Gasteiger partial charge in [-0.15, -0.1) is 0 Å². The van der Waals surface area contributed by atoms with Gasteiger partial charge in [0, 0.05) is 6.20 Å². The molecule has 0 unspecified atom stereocenters. The molecule has 2 aromatic carbocycles. The molecule has 0 atom stereocenters. The van der Waals surface area contributed by atoms with Gasteiger partial charge < -0.3 is 15.8 Å². The van der Waals surface area contributed by atoms with Gasteiger partial charge in [0.2, 0.25) is 0 Å². The SMILES string of the molecule is NC(=O)c1ccn(-c2ccccc2NC(=O)COc2ccccc2)n1. The lowest BCUT2D eigenvalue weighted by atomic mass is 10.2. The third-order valence-electron chi connectivity index (χ3n) is 3.38. The Morgan fingerprint density at radius 3 is 2.48 bits per heavy atom. The normalized spacial score (nSPS) is 10.2. The number of nitrogens with one attached hydrogen (secondary N) is 1. The summed E-state index contributed by atoms with van der Waals surface area (Å²) in [5, 5.41) is 6.88. The van der Waals surface area contributed by atoms with Crippen molar-refractivity contribution in [3.8, 4) is 11.4 Å². The van der Waals surface area contributed by atoms with E-state index in [1.807, 2.05) is 18.2 Å². The second-order valence-electron chi connectivity index (χ2n) is 5.18. The van der Waals surface area contributed by atoms with Crippen LogP contribution in [0.25, 0.3) is 5.69 Å². The molecule has 0 radical (unpaired) electrons. The van der Waals surface area contributed by atoms with Crippen LogP contribution < -0.4 is 15.8 Å². The average Bonchev–Trinajstić information content (AvgIpc) is 3.12. The van der Waals surface area contributed by atoms with Crippen molar-refractivity contribution in [2.45, 2.75) is 0 Å². The molecule has 0 fully saturated rings. The molecule has 0 bridgehead atoms. The first kappa shape index (κ1) is 16.3. The van der Waals surface area contributed by atoms with Gasteiger partial charge in [0.1, 0.15) is 11.4 Å². The molecule has 3 aromatic rings. The van der Waals surface area contributed by atoms with E-state index in [0.29, 0.717) is 17.1 Å². The second-order valence-corrected chi connectivity index (χ2v) is 5.18. The molecule has 0 saturated heterocycles. The van der Waals surface area contributed by atoms with Crippen molar-refractivity contribution < 1.29 is 14.3 Å². The molecule has 1 heterocycles. The Balaban J connectivity index is 1.72. The smallest absolute Gasteiger partial charge is 0.269 e. The van der Waals surface area contributed by atoms with Gasteiger partial charge in [-0.05, 0) is 30.3 Å². The zero-order valence-corrected chi connectivity index (χ0v) is 13.3. The zero-order valence-electron chi connectivity index (χ0n) is 13.3. The highest BCUT2D eigenvalue weighted by Crippen LogP contribution is 2.19. The Kier molecular flexibility index (Phi) is 4.75. The fourth-order valence-electron chi connectivity index (χ4n) is 2.22.